The molecular weight excluding hydrogens is 311 g/mol. The van der Waals surface area contributed by atoms with Crippen molar-refractivity contribution >= 4 is 5.57 Å². The minimum atomic E-state index is -0.242. The zero-order valence-electron chi connectivity index (χ0n) is 14.6. The van der Waals surface area contributed by atoms with Gasteiger partial charge in [0.1, 0.15) is 11.6 Å². The van der Waals surface area contributed by atoms with Crippen molar-refractivity contribution in [1.29, 1.82) is 0 Å². The first-order valence-corrected chi connectivity index (χ1v) is 9.15. The highest BCUT2D eigenvalue weighted by atomic mass is 19.1. The summed E-state index contributed by atoms with van der Waals surface area (Å²) >= 11 is 0. The lowest BCUT2D eigenvalue weighted by molar-refractivity contribution is 0.246. The van der Waals surface area contributed by atoms with Gasteiger partial charge in [0.2, 0.25) is 0 Å². The Bertz CT molecular complexity index is 718. The van der Waals surface area contributed by atoms with Gasteiger partial charge in [-0.2, -0.15) is 0 Å². The highest BCUT2D eigenvalue weighted by Gasteiger charge is 2.13. The largest absolute Gasteiger partial charge is 0.494 e. The first-order chi connectivity index (χ1) is 12.3. The second-order valence-electron chi connectivity index (χ2n) is 6.72. The Hall–Kier alpha value is -2.31. The van der Waals surface area contributed by atoms with Crippen molar-refractivity contribution in [3.63, 3.8) is 0 Å². The third-order valence-electron chi connectivity index (χ3n) is 4.97. The molecule has 1 nitrogen and oxygen atoms in total. The van der Waals surface area contributed by atoms with E-state index < -0.39 is 0 Å². The first kappa shape index (κ1) is 17.5. The lowest BCUT2D eigenvalue weighted by Crippen LogP contribution is -2.10. The van der Waals surface area contributed by atoms with Gasteiger partial charge >= 0.3 is 0 Å². The van der Waals surface area contributed by atoms with E-state index in [2.05, 4.69) is 12.3 Å². The zero-order valence-corrected chi connectivity index (χ0v) is 14.6. The average molecular weight is 336 g/mol. The number of halogens is 1. The molecule has 3 rings (SSSR count). The molecule has 130 valence electrons. The minimum absolute atomic E-state index is 0.242. The predicted octanol–water partition coefficient (Wildman–Crippen LogP) is 6.39. The van der Waals surface area contributed by atoms with Gasteiger partial charge in [-0.25, -0.2) is 4.39 Å². The van der Waals surface area contributed by atoms with Crippen LogP contribution in [-0.4, -0.2) is 6.61 Å². The SMILES string of the molecule is C=C=C(c1ccc(F)cc1)c1ccc(OCCC2CCCCC2)cc1. The number of hydrogen-bond donors (Lipinski definition) is 0. The van der Waals surface area contributed by atoms with Gasteiger partial charge in [-0.05, 0) is 47.7 Å². The van der Waals surface area contributed by atoms with Crippen LogP contribution in [0.25, 0.3) is 5.57 Å². The van der Waals surface area contributed by atoms with Gasteiger partial charge in [-0.3, -0.25) is 0 Å². The standard InChI is InChI=1S/C23H25FO/c1-2-23(19-8-12-21(24)13-9-19)20-10-14-22(15-11-20)25-17-16-18-6-4-3-5-7-18/h8-15,18H,1,3-7,16-17H2. The van der Waals surface area contributed by atoms with Gasteiger partial charge in [-0.15, -0.1) is 5.73 Å². The first-order valence-electron chi connectivity index (χ1n) is 9.15. The molecule has 0 spiro atoms. The summed E-state index contributed by atoms with van der Waals surface area (Å²) in [4.78, 5) is 0. The summed E-state index contributed by atoms with van der Waals surface area (Å²) < 4.78 is 19.0. The molecule has 0 radical (unpaired) electrons. The van der Waals surface area contributed by atoms with Crippen molar-refractivity contribution in [2.45, 2.75) is 38.5 Å². The molecule has 25 heavy (non-hydrogen) atoms. The Morgan fingerprint density at radius 1 is 0.960 bits per heavy atom. The number of benzene rings is 2. The van der Waals surface area contributed by atoms with E-state index in [4.69, 9.17) is 4.74 Å². The van der Waals surface area contributed by atoms with Gasteiger partial charge in [0.15, 0.2) is 0 Å². The zero-order chi connectivity index (χ0) is 17.5. The van der Waals surface area contributed by atoms with Crippen LogP contribution in [0.3, 0.4) is 0 Å². The molecule has 2 aromatic rings. The molecule has 0 amide bonds. The van der Waals surface area contributed by atoms with Crippen molar-refractivity contribution in [2.24, 2.45) is 5.92 Å². The van der Waals surface area contributed by atoms with Crippen molar-refractivity contribution in [3.8, 4) is 5.75 Å². The molecule has 0 aromatic heterocycles. The molecule has 1 fully saturated rings. The van der Waals surface area contributed by atoms with E-state index in [1.165, 1.54) is 44.2 Å². The molecule has 0 unspecified atom stereocenters. The van der Waals surface area contributed by atoms with E-state index in [9.17, 15) is 4.39 Å². The molecule has 1 saturated carbocycles. The van der Waals surface area contributed by atoms with Crippen LogP contribution < -0.4 is 4.74 Å². The van der Waals surface area contributed by atoms with E-state index in [0.29, 0.717) is 0 Å². The molecule has 2 heteroatoms. The maximum atomic E-state index is 13.1. The van der Waals surface area contributed by atoms with Crippen LogP contribution in [0.1, 0.15) is 49.7 Å². The normalized spacial score (nSPS) is 14.8. The van der Waals surface area contributed by atoms with Crippen molar-refractivity contribution in [3.05, 3.63) is 77.8 Å². The Morgan fingerprint density at radius 3 is 2.16 bits per heavy atom. The summed E-state index contributed by atoms with van der Waals surface area (Å²) in [5, 5.41) is 0. The Labute approximate surface area is 149 Å². The summed E-state index contributed by atoms with van der Waals surface area (Å²) in [5.74, 6) is 1.48. The Balaban J connectivity index is 1.59. The summed E-state index contributed by atoms with van der Waals surface area (Å²) in [7, 11) is 0. The molecule has 0 N–H and O–H groups in total. The van der Waals surface area contributed by atoms with Crippen LogP contribution >= 0.6 is 0 Å². The maximum absolute atomic E-state index is 13.1. The second kappa shape index (κ2) is 8.69. The molecule has 2 aromatic carbocycles. The molecular formula is C23H25FO. The van der Waals surface area contributed by atoms with E-state index in [0.717, 1.165) is 41.4 Å². The summed E-state index contributed by atoms with van der Waals surface area (Å²) in [5.41, 5.74) is 5.74. The summed E-state index contributed by atoms with van der Waals surface area (Å²) in [6.45, 7) is 4.56. The molecule has 0 saturated heterocycles. The topological polar surface area (TPSA) is 9.23 Å². The molecule has 0 bridgehead atoms. The highest BCUT2D eigenvalue weighted by Crippen LogP contribution is 2.27. The van der Waals surface area contributed by atoms with Crippen LogP contribution in [0, 0.1) is 11.7 Å². The average Bonchev–Trinajstić information content (AvgIpc) is 2.66. The van der Waals surface area contributed by atoms with Crippen molar-refractivity contribution < 1.29 is 9.13 Å². The predicted molar refractivity (Wildman–Crippen MR) is 101 cm³/mol. The smallest absolute Gasteiger partial charge is 0.123 e. The minimum Gasteiger partial charge on any atom is -0.494 e. The van der Waals surface area contributed by atoms with E-state index >= 15 is 0 Å². The van der Waals surface area contributed by atoms with Crippen molar-refractivity contribution in [1.82, 2.24) is 0 Å². The van der Waals surface area contributed by atoms with Gasteiger partial charge in [0.05, 0.1) is 6.61 Å². The van der Waals surface area contributed by atoms with E-state index in [-0.39, 0.29) is 5.82 Å². The monoisotopic (exact) mass is 336 g/mol. The van der Waals surface area contributed by atoms with Crippen LogP contribution in [0.5, 0.6) is 5.75 Å². The van der Waals surface area contributed by atoms with Gasteiger partial charge in [0.25, 0.3) is 0 Å². The van der Waals surface area contributed by atoms with Crippen LogP contribution in [-0.2, 0) is 0 Å². The van der Waals surface area contributed by atoms with Gasteiger partial charge < -0.3 is 4.74 Å². The molecule has 1 aliphatic carbocycles. The lowest BCUT2D eigenvalue weighted by Gasteiger charge is -2.21. The third kappa shape index (κ3) is 4.84. The van der Waals surface area contributed by atoms with E-state index in [1.807, 2.05) is 24.3 Å². The van der Waals surface area contributed by atoms with E-state index in [1.54, 1.807) is 12.1 Å². The van der Waals surface area contributed by atoms with Gasteiger partial charge in [-0.1, -0.05) is 62.9 Å². The molecule has 0 aliphatic heterocycles. The number of rotatable bonds is 6. The Kier molecular flexibility index (Phi) is 6.09. The lowest BCUT2D eigenvalue weighted by atomic mass is 9.87. The fourth-order valence-electron chi connectivity index (χ4n) is 3.52. The quantitative estimate of drug-likeness (QED) is 0.555. The third-order valence-corrected chi connectivity index (χ3v) is 4.97. The summed E-state index contributed by atoms with van der Waals surface area (Å²) in [6.07, 6.45) is 8.00. The number of hydrogen-bond acceptors (Lipinski definition) is 1. The summed E-state index contributed by atoms with van der Waals surface area (Å²) in [6, 6.07) is 14.4. The fraction of sp³-hybridized carbons (Fsp3) is 0.348. The molecule has 0 heterocycles. The fourth-order valence-corrected chi connectivity index (χ4v) is 3.52. The van der Waals surface area contributed by atoms with Crippen LogP contribution in [0.4, 0.5) is 4.39 Å². The van der Waals surface area contributed by atoms with Crippen LogP contribution in [0.2, 0.25) is 0 Å². The number of ether oxygens (including phenoxy) is 1. The van der Waals surface area contributed by atoms with Crippen molar-refractivity contribution in [2.75, 3.05) is 6.61 Å². The second-order valence-corrected chi connectivity index (χ2v) is 6.72. The Morgan fingerprint density at radius 2 is 1.56 bits per heavy atom. The highest BCUT2D eigenvalue weighted by molar-refractivity contribution is 5.79. The van der Waals surface area contributed by atoms with Gasteiger partial charge in [0, 0.05) is 5.57 Å². The molecule has 0 atom stereocenters. The van der Waals surface area contributed by atoms with Crippen LogP contribution in [0.15, 0.2) is 60.8 Å². The maximum Gasteiger partial charge on any atom is 0.123 e. The molecule has 1 aliphatic rings.